The number of imidazole rings is 1. The predicted octanol–water partition coefficient (Wildman–Crippen LogP) is 3.88. The highest BCUT2D eigenvalue weighted by Crippen LogP contribution is 2.35. The Labute approximate surface area is 260 Å². The van der Waals surface area contributed by atoms with Gasteiger partial charge < -0.3 is 15.4 Å². The fourth-order valence-corrected chi connectivity index (χ4v) is 7.31. The van der Waals surface area contributed by atoms with E-state index in [0.29, 0.717) is 24.5 Å². The van der Waals surface area contributed by atoms with Gasteiger partial charge in [0.2, 0.25) is 11.8 Å². The standard InChI is InChI=1S/C32H43F2N7O4/c1-38-27-17-20(6-9-25(27)41(32(38)44)26-10-11-28(42)36-31(26)43)3-2-16-45-23-12-14-39(15-13-23)18-21-4-7-22(8-5-21)40-19-24(35)29(37-40)30(33)34/h6,9,17,19,21-23,26,30H,2-5,7-8,10-16,18,35H2,1H3,(H,36,42,43). The fourth-order valence-electron chi connectivity index (χ4n) is 7.31. The number of halogens is 2. The van der Waals surface area contributed by atoms with E-state index in [-0.39, 0.29) is 41.5 Å². The van der Waals surface area contributed by atoms with Crippen LogP contribution in [0.25, 0.3) is 11.0 Å². The maximum absolute atomic E-state index is 13.1. The minimum Gasteiger partial charge on any atom is -0.396 e. The third-order valence-electron chi connectivity index (χ3n) is 9.88. The Balaban J connectivity index is 0.915. The molecule has 2 aromatic heterocycles. The number of nitrogens with zero attached hydrogens (tertiary/aromatic N) is 5. The van der Waals surface area contributed by atoms with Gasteiger partial charge in [0.05, 0.1) is 28.9 Å². The molecule has 244 valence electrons. The number of piperidine rings is 2. The molecule has 1 aromatic carbocycles. The van der Waals surface area contributed by atoms with E-state index in [1.807, 2.05) is 18.2 Å². The largest absolute Gasteiger partial charge is 0.396 e. The second-order valence-electron chi connectivity index (χ2n) is 12.9. The van der Waals surface area contributed by atoms with Crippen molar-refractivity contribution in [2.45, 2.75) is 88.8 Å². The number of hydrogen-bond acceptors (Lipinski definition) is 7. The van der Waals surface area contributed by atoms with E-state index in [9.17, 15) is 23.2 Å². The lowest BCUT2D eigenvalue weighted by molar-refractivity contribution is -0.135. The van der Waals surface area contributed by atoms with E-state index in [1.165, 1.54) is 4.57 Å². The summed E-state index contributed by atoms with van der Waals surface area (Å²) < 4.78 is 37.1. The van der Waals surface area contributed by atoms with Crippen molar-refractivity contribution in [3.8, 4) is 0 Å². The van der Waals surface area contributed by atoms with Crippen LogP contribution in [-0.4, -0.2) is 68.0 Å². The number of ether oxygens (including phenoxy) is 1. The molecule has 1 saturated carbocycles. The molecule has 2 saturated heterocycles. The molecule has 1 unspecified atom stereocenters. The summed E-state index contributed by atoms with van der Waals surface area (Å²) in [6.07, 6.45) is 7.43. The highest BCUT2D eigenvalue weighted by Gasteiger charge is 2.31. The molecule has 0 bridgehead atoms. The third-order valence-corrected chi connectivity index (χ3v) is 9.88. The van der Waals surface area contributed by atoms with Gasteiger partial charge in [-0.2, -0.15) is 5.10 Å². The van der Waals surface area contributed by atoms with Crippen LogP contribution in [0, 0.1) is 5.92 Å². The molecule has 3 aromatic rings. The Morgan fingerprint density at radius 3 is 2.49 bits per heavy atom. The molecule has 3 N–H and O–H groups in total. The van der Waals surface area contributed by atoms with Crippen LogP contribution in [-0.2, 0) is 27.8 Å². The van der Waals surface area contributed by atoms with E-state index in [2.05, 4.69) is 15.3 Å². The summed E-state index contributed by atoms with van der Waals surface area (Å²) in [6.45, 7) is 3.78. The summed E-state index contributed by atoms with van der Waals surface area (Å²) >= 11 is 0. The Morgan fingerprint density at radius 2 is 1.80 bits per heavy atom. The van der Waals surface area contributed by atoms with Gasteiger partial charge in [-0.3, -0.25) is 28.7 Å². The number of hydrogen-bond donors (Lipinski definition) is 2. The lowest BCUT2D eigenvalue weighted by Crippen LogP contribution is -2.44. The number of carbonyl (C=O) groups excluding carboxylic acids is 2. The van der Waals surface area contributed by atoms with Crippen LogP contribution in [0.15, 0.2) is 29.2 Å². The molecule has 11 nitrogen and oxygen atoms in total. The van der Waals surface area contributed by atoms with Crippen molar-refractivity contribution in [3.63, 3.8) is 0 Å². The van der Waals surface area contributed by atoms with E-state index < -0.39 is 18.4 Å². The van der Waals surface area contributed by atoms with Crippen LogP contribution in [0.3, 0.4) is 0 Å². The molecule has 3 aliphatic rings. The number of anilines is 1. The molecule has 1 aliphatic carbocycles. The van der Waals surface area contributed by atoms with Gasteiger partial charge in [-0.25, -0.2) is 13.6 Å². The number of amides is 2. The van der Waals surface area contributed by atoms with Crippen molar-refractivity contribution in [2.24, 2.45) is 13.0 Å². The van der Waals surface area contributed by atoms with Gasteiger partial charge in [0.25, 0.3) is 6.43 Å². The number of rotatable bonds is 10. The van der Waals surface area contributed by atoms with Crippen LogP contribution in [0.4, 0.5) is 14.5 Å². The summed E-state index contributed by atoms with van der Waals surface area (Å²) in [4.78, 5) is 39.5. The van der Waals surface area contributed by atoms with Crippen molar-refractivity contribution in [3.05, 3.63) is 46.1 Å². The number of imide groups is 1. The average molecular weight is 628 g/mol. The first kappa shape index (κ1) is 31.4. The number of nitrogen functional groups attached to an aromatic ring is 1. The van der Waals surface area contributed by atoms with Gasteiger partial charge in [-0.15, -0.1) is 0 Å². The minimum absolute atomic E-state index is 0.0751. The van der Waals surface area contributed by atoms with E-state index >= 15 is 0 Å². The molecule has 13 heteroatoms. The number of carbonyl (C=O) groups is 2. The Morgan fingerprint density at radius 1 is 1.04 bits per heavy atom. The van der Waals surface area contributed by atoms with Gasteiger partial charge in [0.1, 0.15) is 6.04 Å². The number of likely N-dealkylation sites (tertiary alicyclic amines) is 1. The molecule has 45 heavy (non-hydrogen) atoms. The van der Waals surface area contributed by atoms with E-state index in [4.69, 9.17) is 10.5 Å². The van der Waals surface area contributed by atoms with Crippen LogP contribution < -0.4 is 16.7 Å². The first-order chi connectivity index (χ1) is 21.7. The molecule has 3 fully saturated rings. The van der Waals surface area contributed by atoms with Crippen LogP contribution in [0.2, 0.25) is 0 Å². The average Bonchev–Trinajstić information content (AvgIpc) is 3.53. The maximum Gasteiger partial charge on any atom is 0.329 e. The Kier molecular flexibility index (Phi) is 9.36. The first-order valence-electron chi connectivity index (χ1n) is 16.2. The fraction of sp³-hybridized carbons (Fsp3) is 0.625. The number of alkyl halides is 2. The van der Waals surface area contributed by atoms with Gasteiger partial charge in [0.15, 0.2) is 5.69 Å². The van der Waals surface area contributed by atoms with Crippen molar-refractivity contribution in [2.75, 3.05) is 32.0 Å². The van der Waals surface area contributed by atoms with Gasteiger partial charge in [-0.05, 0) is 81.4 Å². The number of benzene rings is 1. The Bertz CT molecular complexity index is 1580. The zero-order valence-electron chi connectivity index (χ0n) is 25.8. The molecule has 0 radical (unpaired) electrons. The quantitative estimate of drug-likeness (QED) is 0.258. The second-order valence-corrected chi connectivity index (χ2v) is 12.9. The van der Waals surface area contributed by atoms with Gasteiger partial charge in [0, 0.05) is 45.9 Å². The number of aryl methyl sites for hydroxylation is 2. The van der Waals surface area contributed by atoms with Gasteiger partial charge >= 0.3 is 5.69 Å². The molecule has 2 amide bonds. The summed E-state index contributed by atoms with van der Waals surface area (Å²) in [5.74, 6) is -0.121. The van der Waals surface area contributed by atoms with Crippen molar-refractivity contribution in [1.29, 1.82) is 0 Å². The zero-order chi connectivity index (χ0) is 31.7. The monoisotopic (exact) mass is 627 g/mol. The second kappa shape index (κ2) is 13.4. The highest BCUT2D eigenvalue weighted by atomic mass is 19.3. The summed E-state index contributed by atoms with van der Waals surface area (Å²) in [5, 5.41) is 6.40. The van der Waals surface area contributed by atoms with E-state index in [1.54, 1.807) is 22.5 Å². The van der Waals surface area contributed by atoms with Crippen molar-refractivity contribution < 1.29 is 23.1 Å². The zero-order valence-corrected chi connectivity index (χ0v) is 25.8. The summed E-state index contributed by atoms with van der Waals surface area (Å²) in [6, 6.07) is 5.37. The number of fused-ring (bicyclic) bond motifs is 1. The maximum atomic E-state index is 13.1. The number of aromatic nitrogens is 4. The van der Waals surface area contributed by atoms with Gasteiger partial charge in [-0.1, -0.05) is 6.07 Å². The number of nitrogens with two attached hydrogens (primary N) is 1. The highest BCUT2D eigenvalue weighted by molar-refractivity contribution is 6.00. The lowest BCUT2D eigenvalue weighted by atomic mass is 9.85. The minimum atomic E-state index is -2.64. The number of nitrogens with one attached hydrogen (secondary N) is 1. The smallest absolute Gasteiger partial charge is 0.329 e. The summed E-state index contributed by atoms with van der Waals surface area (Å²) in [5.41, 5.74) is 7.81. The third kappa shape index (κ3) is 6.84. The molecule has 1 atom stereocenters. The van der Waals surface area contributed by atoms with E-state index in [0.717, 1.165) is 82.1 Å². The molecule has 2 aliphatic heterocycles. The summed E-state index contributed by atoms with van der Waals surface area (Å²) in [7, 11) is 1.71. The normalized spacial score (nSPS) is 23.7. The topological polar surface area (TPSA) is 129 Å². The van der Waals surface area contributed by atoms with Crippen molar-refractivity contribution in [1.82, 2.24) is 29.1 Å². The van der Waals surface area contributed by atoms with Crippen molar-refractivity contribution >= 4 is 28.5 Å². The predicted molar refractivity (Wildman–Crippen MR) is 165 cm³/mol. The van der Waals surface area contributed by atoms with Crippen LogP contribution in [0.5, 0.6) is 0 Å². The molecule has 0 spiro atoms. The SMILES string of the molecule is Cn1c(=O)n(C2CCC(=O)NC2=O)c2ccc(CCCOC3CCN(CC4CCC(n5cc(N)c(C(F)F)n5)CC4)CC3)cc21. The van der Waals surface area contributed by atoms with Crippen LogP contribution in [0.1, 0.15) is 87.6 Å². The Hall–Kier alpha value is -3.58. The van der Waals surface area contributed by atoms with Crippen LogP contribution >= 0.6 is 0 Å². The first-order valence-corrected chi connectivity index (χ1v) is 16.2. The molecular formula is C32H43F2N7O4. The lowest BCUT2D eigenvalue weighted by Gasteiger charge is -2.36. The molecule has 6 rings (SSSR count). The molecule has 4 heterocycles. The molecular weight excluding hydrogens is 584 g/mol.